The SMILES string of the molecule is O=C(Cc1ccc(-c2cnc(Cc3cnn(CCN4CCCC4)c3)nc2)cc1F)Nc1cc(C2(C(F)(F)F)CC2)on1. The van der Waals surface area contributed by atoms with E-state index in [2.05, 4.69) is 30.4 Å². The molecule has 6 rings (SSSR count). The molecule has 0 atom stereocenters. The molecule has 3 aromatic heterocycles. The van der Waals surface area contributed by atoms with Gasteiger partial charge >= 0.3 is 6.18 Å². The van der Waals surface area contributed by atoms with Crippen LogP contribution in [0, 0.1) is 5.82 Å². The Balaban J connectivity index is 1.03. The first kappa shape index (κ1) is 28.0. The zero-order chi connectivity index (χ0) is 29.3. The monoisotopic (exact) mass is 583 g/mol. The summed E-state index contributed by atoms with van der Waals surface area (Å²) in [5.74, 6) is -1.11. The Kier molecular flexibility index (Phi) is 7.52. The molecule has 1 amide bonds. The number of carbonyl (C=O) groups is 1. The van der Waals surface area contributed by atoms with Gasteiger partial charge in [0.1, 0.15) is 17.1 Å². The van der Waals surface area contributed by atoms with Crippen LogP contribution in [-0.4, -0.2) is 61.5 Å². The van der Waals surface area contributed by atoms with Gasteiger partial charge < -0.3 is 14.7 Å². The van der Waals surface area contributed by atoms with E-state index in [0.29, 0.717) is 23.4 Å². The Bertz CT molecular complexity index is 1550. The molecule has 1 aromatic carbocycles. The predicted octanol–water partition coefficient (Wildman–Crippen LogP) is 4.93. The van der Waals surface area contributed by atoms with Crippen molar-refractivity contribution >= 4 is 11.7 Å². The van der Waals surface area contributed by atoms with Gasteiger partial charge in [-0.3, -0.25) is 9.48 Å². The minimum Gasteiger partial charge on any atom is -0.358 e. The molecule has 42 heavy (non-hydrogen) atoms. The maximum Gasteiger partial charge on any atom is 0.401 e. The van der Waals surface area contributed by atoms with Crippen LogP contribution in [0.3, 0.4) is 0 Å². The summed E-state index contributed by atoms with van der Waals surface area (Å²) in [7, 11) is 0. The zero-order valence-corrected chi connectivity index (χ0v) is 22.7. The number of carbonyl (C=O) groups excluding carboxylic acids is 1. The highest BCUT2D eigenvalue weighted by Gasteiger charge is 2.66. The minimum atomic E-state index is -4.46. The van der Waals surface area contributed by atoms with E-state index >= 15 is 0 Å². The Morgan fingerprint density at radius 3 is 2.48 bits per heavy atom. The Hall–Kier alpha value is -4.13. The van der Waals surface area contributed by atoms with Crippen LogP contribution in [0.25, 0.3) is 11.1 Å². The number of hydrogen-bond donors (Lipinski definition) is 1. The van der Waals surface area contributed by atoms with E-state index < -0.39 is 23.3 Å². The number of hydrogen-bond acceptors (Lipinski definition) is 7. The molecule has 0 radical (unpaired) electrons. The van der Waals surface area contributed by atoms with Crippen molar-refractivity contribution in [1.29, 1.82) is 0 Å². The van der Waals surface area contributed by atoms with Gasteiger partial charge in [0.25, 0.3) is 0 Å². The van der Waals surface area contributed by atoms with E-state index in [1.807, 2.05) is 17.1 Å². The summed E-state index contributed by atoms with van der Waals surface area (Å²) in [4.78, 5) is 23.7. The number of likely N-dealkylation sites (tertiary alicyclic amines) is 1. The summed E-state index contributed by atoms with van der Waals surface area (Å²) < 4.78 is 61.5. The largest absolute Gasteiger partial charge is 0.401 e. The topological polar surface area (TPSA) is 102 Å². The summed E-state index contributed by atoms with van der Waals surface area (Å²) in [6.07, 6.45) is 5.15. The maximum absolute atomic E-state index is 14.9. The van der Waals surface area contributed by atoms with Crippen LogP contribution >= 0.6 is 0 Å². The molecular weight excluding hydrogens is 554 g/mol. The van der Waals surface area contributed by atoms with Gasteiger partial charge in [-0.15, -0.1) is 0 Å². The van der Waals surface area contributed by atoms with E-state index in [-0.39, 0.29) is 36.4 Å². The van der Waals surface area contributed by atoms with E-state index in [4.69, 9.17) is 4.52 Å². The highest BCUT2D eigenvalue weighted by atomic mass is 19.4. The number of nitrogens with zero attached hydrogens (tertiary/aromatic N) is 6. The van der Waals surface area contributed by atoms with Crippen molar-refractivity contribution in [1.82, 2.24) is 29.8 Å². The highest BCUT2D eigenvalue weighted by Crippen LogP contribution is 2.59. The Morgan fingerprint density at radius 1 is 1.02 bits per heavy atom. The number of rotatable bonds is 10. The van der Waals surface area contributed by atoms with Crippen LogP contribution < -0.4 is 5.32 Å². The smallest absolute Gasteiger partial charge is 0.358 e. The van der Waals surface area contributed by atoms with Crippen LogP contribution in [0.15, 0.2) is 53.6 Å². The summed E-state index contributed by atoms with van der Waals surface area (Å²) in [6.45, 7) is 4.13. The lowest BCUT2D eigenvalue weighted by molar-refractivity contribution is -0.165. The molecule has 1 aliphatic carbocycles. The third kappa shape index (κ3) is 6.06. The van der Waals surface area contributed by atoms with E-state index in [1.165, 1.54) is 25.0 Å². The van der Waals surface area contributed by atoms with Crippen LogP contribution in [0.4, 0.5) is 23.4 Å². The molecule has 1 N–H and O–H groups in total. The summed E-state index contributed by atoms with van der Waals surface area (Å²) in [5, 5.41) is 10.3. The molecule has 220 valence electrons. The van der Waals surface area contributed by atoms with E-state index in [1.54, 1.807) is 18.5 Å². The lowest BCUT2D eigenvalue weighted by Gasteiger charge is -2.14. The van der Waals surface area contributed by atoms with Gasteiger partial charge in [0.2, 0.25) is 5.91 Å². The summed E-state index contributed by atoms with van der Waals surface area (Å²) in [5.41, 5.74) is 0.244. The summed E-state index contributed by atoms with van der Waals surface area (Å²) in [6, 6.07) is 5.50. The zero-order valence-electron chi connectivity index (χ0n) is 22.7. The van der Waals surface area contributed by atoms with Gasteiger partial charge in [0, 0.05) is 43.2 Å². The van der Waals surface area contributed by atoms with Gasteiger partial charge in [-0.2, -0.15) is 18.3 Å². The predicted molar refractivity (Wildman–Crippen MR) is 144 cm³/mol. The lowest BCUT2D eigenvalue weighted by Crippen LogP contribution is -2.28. The average Bonchev–Trinajstić information content (AvgIpc) is 3.28. The first-order valence-electron chi connectivity index (χ1n) is 13.9. The first-order valence-corrected chi connectivity index (χ1v) is 13.9. The second-order valence-electron chi connectivity index (χ2n) is 10.9. The van der Waals surface area contributed by atoms with Gasteiger partial charge in [-0.25, -0.2) is 14.4 Å². The third-order valence-electron chi connectivity index (χ3n) is 7.88. The summed E-state index contributed by atoms with van der Waals surface area (Å²) >= 11 is 0. The van der Waals surface area contributed by atoms with Gasteiger partial charge in [-0.1, -0.05) is 17.3 Å². The molecule has 1 saturated heterocycles. The number of benzene rings is 1. The van der Waals surface area contributed by atoms with Crippen molar-refractivity contribution in [2.24, 2.45) is 0 Å². The number of anilines is 1. The molecule has 9 nitrogen and oxygen atoms in total. The third-order valence-corrected chi connectivity index (χ3v) is 7.88. The molecule has 2 aliphatic rings. The Labute approximate surface area is 238 Å². The van der Waals surface area contributed by atoms with Crippen molar-refractivity contribution in [2.45, 2.75) is 56.7 Å². The van der Waals surface area contributed by atoms with Crippen LogP contribution in [0.1, 0.15) is 48.4 Å². The van der Waals surface area contributed by atoms with Gasteiger partial charge in [-0.05, 0) is 61.5 Å². The number of nitrogens with one attached hydrogen (secondary N) is 1. The fourth-order valence-corrected chi connectivity index (χ4v) is 5.23. The van der Waals surface area contributed by atoms with Crippen molar-refractivity contribution in [3.8, 4) is 11.1 Å². The molecule has 1 aliphatic heterocycles. The molecule has 4 heterocycles. The molecule has 2 fully saturated rings. The number of halogens is 4. The molecule has 0 bridgehead atoms. The highest BCUT2D eigenvalue weighted by molar-refractivity contribution is 5.91. The Morgan fingerprint density at radius 2 is 1.79 bits per heavy atom. The van der Waals surface area contributed by atoms with Crippen LogP contribution in [-0.2, 0) is 29.6 Å². The van der Waals surface area contributed by atoms with E-state index in [0.717, 1.165) is 37.8 Å². The van der Waals surface area contributed by atoms with Gasteiger partial charge in [0.15, 0.2) is 11.6 Å². The number of alkyl halides is 3. The molecular formula is C29H29F4N7O2. The van der Waals surface area contributed by atoms with Crippen molar-refractivity contribution < 1.29 is 26.9 Å². The lowest BCUT2D eigenvalue weighted by atomic mass is 10.0. The second kappa shape index (κ2) is 11.3. The standard InChI is InChI=1S/C29H29F4N7O2/c30-23-12-20(3-4-21(23)13-27(41)37-26-14-24(42-38-26)28(5-6-28)29(31,32)33)22-16-34-25(35-17-22)11-19-15-36-40(18-19)10-9-39-7-1-2-8-39/h3-4,12,14-18H,1-2,5-11,13H2,(H,37,38,41). The minimum absolute atomic E-state index is 0.0882. The molecule has 0 unspecified atom stereocenters. The van der Waals surface area contributed by atoms with Gasteiger partial charge in [0.05, 0.1) is 19.2 Å². The van der Waals surface area contributed by atoms with Crippen LogP contribution in [0.5, 0.6) is 0 Å². The number of aromatic nitrogens is 5. The number of amides is 1. The van der Waals surface area contributed by atoms with Crippen molar-refractivity contribution in [2.75, 3.05) is 25.0 Å². The maximum atomic E-state index is 14.9. The van der Waals surface area contributed by atoms with Crippen molar-refractivity contribution in [3.05, 3.63) is 77.6 Å². The quantitative estimate of drug-likeness (QED) is 0.264. The normalized spacial score (nSPS) is 16.6. The molecule has 0 spiro atoms. The average molecular weight is 584 g/mol. The molecule has 13 heteroatoms. The van der Waals surface area contributed by atoms with Crippen molar-refractivity contribution in [3.63, 3.8) is 0 Å². The fourth-order valence-electron chi connectivity index (χ4n) is 5.23. The second-order valence-corrected chi connectivity index (χ2v) is 10.9. The fraction of sp³-hybridized carbons (Fsp3) is 0.414. The van der Waals surface area contributed by atoms with Crippen LogP contribution in [0.2, 0.25) is 0 Å². The van der Waals surface area contributed by atoms with E-state index in [9.17, 15) is 22.4 Å². The first-order chi connectivity index (χ1) is 20.2. The molecule has 4 aromatic rings. The molecule has 1 saturated carbocycles.